The Labute approximate surface area is 109 Å². The summed E-state index contributed by atoms with van der Waals surface area (Å²) in [6, 6.07) is 0. The molecule has 0 unspecified atom stereocenters. The average molecular weight is 252 g/mol. The molecule has 0 amide bonds. The van der Waals surface area contributed by atoms with E-state index in [2.05, 4.69) is 13.2 Å². The lowest BCUT2D eigenvalue weighted by atomic mass is 9.80. The third-order valence-electron chi connectivity index (χ3n) is 4.63. The van der Waals surface area contributed by atoms with E-state index < -0.39 is 17.8 Å². The number of ether oxygens (including phenoxy) is 1. The molecule has 0 spiro atoms. The number of allylic oxidation sites excluding steroid dienone is 1. The van der Waals surface area contributed by atoms with Crippen LogP contribution in [0.4, 0.5) is 0 Å². The zero-order valence-electron chi connectivity index (χ0n) is 11.4. The van der Waals surface area contributed by atoms with E-state index in [1.807, 2.05) is 6.92 Å². The summed E-state index contributed by atoms with van der Waals surface area (Å²) in [7, 11) is 0. The number of fused-ring (bicyclic) bond motifs is 2. The zero-order valence-corrected chi connectivity index (χ0v) is 11.4. The minimum absolute atomic E-state index is 0.122. The summed E-state index contributed by atoms with van der Waals surface area (Å²) in [4.78, 5) is 0. The van der Waals surface area contributed by atoms with Crippen molar-refractivity contribution in [2.24, 2.45) is 5.92 Å². The van der Waals surface area contributed by atoms with Crippen LogP contribution in [0.3, 0.4) is 0 Å². The summed E-state index contributed by atoms with van der Waals surface area (Å²) >= 11 is 0. The number of rotatable bonds is 1. The molecule has 2 heterocycles. The predicted octanol–water partition coefficient (Wildman–Crippen LogP) is 2.19. The Hall–Kier alpha value is -0.640. The number of aliphatic hydroxyl groups is 2. The fraction of sp³-hybridized carbons (Fsp3) is 0.733. The zero-order chi connectivity index (χ0) is 13.5. The van der Waals surface area contributed by atoms with E-state index in [0.717, 1.165) is 24.0 Å². The molecule has 0 aromatic rings. The molecule has 2 aliphatic heterocycles. The van der Waals surface area contributed by atoms with Gasteiger partial charge in [0.1, 0.15) is 5.60 Å². The van der Waals surface area contributed by atoms with Gasteiger partial charge in [0.05, 0.1) is 18.3 Å². The van der Waals surface area contributed by atoms with Gasteiger partial charge in [-0.15, -0.1) is 0 Å². The highest BCUT2D eigenvalue weighted by Crippen LogP contribution is 2.41. The highest BCUT2D eigenvalue weighted by molar-refractivity contribution is 5.14. The van der Waals surface area contributed by atoms with Crippen LogP contribution in [0.25, 0.3) is 0 Å². The second kappa shape index (κ2) is 4.80. The van der Waals surface area contributed by atoms with E-state index in [4.69, 9.17) is 4.74 Å². The normalized spacial score (nSPS) is 45.2. The fourth-order valence-corrected chi connectivity index (χ4v) is 3.01. The lowest BCUT2D eigenvalue weighted by Crippen LogP contribution is -2.48. The molecule has 0 aliphatic carbocycles. The lowest BCUT2D eigenvalue weighted by Gasteiger charge is -2.34. The van der Waals surface area contributed by atoms with Gasteiger partial charge in [0.2, 0.25) is 0 Å². The average Bonchev–Trinajstić information content (AvgIpc) is 2.61. The molecular weight excluding hydrogens is 228 g/mol. The monoisotopic (exact) mass is 252 g/mol. The van der Waals surface area contributed by atoms with E-state index in [1.54, 1.807) is 6.92 Å². The van der Waals surface area contributed by atoms with Crippen LogP contribution < -0.4 is 0 Å². The molecule has 3 nitrogen and oxygen atoms in total. The Morgan fingerprint density at radius 1 is 1.33 bits per heavy atom. The van der Waals surface area contributed by atoms with Gasteiger partial charge in [-0.25, -0.2) is 0 Å². The first kappa shape index (κ1) is 13.8. The van der Waals surface area contributed by atoms with Gasteiger partial charge < -0.3 is 14.9 Å². The van der Waals surface area contributed by atoms with Gasteiger partial charge in [0.15, 0.2) is 0 Å². The van der Waals surface area contributed by atoms with Gasteiger partial charge in [0.25, 0.3) is 0 Å². The quantitative estimate of drug-likeness (QED) is 0.703. The molecule has 18 heavy (non-hydrogen) atoms. The molecule has 102 valence electrons. The fourth-order valence-electron chi connectivity index (χ4n) is 3.01. The second-order valence-electron chi connectivity index (χ2n) is 6.03. The van der Waals surface area contributed by atoms with Gasteiger partial charge >= 0.3 is 0 Å². The third kappa shape index (κ3) is 2.27. The van der Waals surface area contributed by atoms with E-state index in [-0.39, 0.29) is 12.0 Å². The minimum atomic E-state index is -0.869. The van der Waals surface area contributed by atoms with Crippen molar-refractivity contribution in [1.29, 1.82) is 0 Å². The van der Waals surface area contributed by atoms with Crippen LogP contribution in [0.5, 0.6) is 0 Å². The standard InChI is InChI=1S/C15H24O3/c1-9(2)11-6-5-10(3)12-8-14(17)15(4,18-12)13(16)7-11/h11-14,16-17H,1,3,5-8H2,2,4H3/t11-,12-,13+,14-,15-/m0/s1. The SMILES string of the molecule is C=C(C)[C@H]1CCC(=C)[C@@H]2C[C@H](O)[C@@](C)(O2)[C@H](O)C1. The predicted molar refractivity (Wildman–Crippen MR) is 71.2 cm³/mol. The highest BCUT2D eigenvalue weighted by atomic mass is 16.5. The Kier molecular flexibility index (Phi) is 3.67. The van der Waals surface area contributed by atoms with Crippen molar-refractivity contribution in [3.05, 3.63) is 24.3 Å². The number of hydrogen-bond donors (Lipinski definition) is 2. The maximum Gasteiger partial charge on any atom is 0.118 e. The summed E-state index contributed by atoms with van der Waals surface area (Å²) < 4.78 is 5.91. The maximum atomic E-state index is 10.4. The van der Waals surface area contributed by atoms with Gasteiger partial charge in [-0.3, -0.25) is 0 Å². The first-order valence-corrected chi connectivity index (χ1v) is 6.71. The molecule has 3 heteroatoms. The van der Waals surface area contributed by atoms with Crippen LogP contribution in [0.1, 0.15) is 39.5 Å². The summed E-state index contributed by atoms with van der Waals surface area (Å²) in [5.74, 6) is 0.267. The van der Waals surface area contributed by atoms with Crippen molar-refractivity contribution in [3.63, 3.8) is 0 Å². The van der Waals surface area contributed by atoms with Crippen LogP contribution in [0.2, 0.25) is 0 Å². The maximum absolute atomic E-state index is 10.4. The Morgan fingerprint density at radius 3 is 2.56 bits per heavy atom. The van der Waals surface area contributed by atoms with E-state index in [9.17, 15) is 10.2 Å². The van der Waals surface area contributed by atoms with Crippen molar-refractivity contribution < 1.29 is 14.9 Å². The molecule has 0 aromatic heterocycles. The van der Waals surface area contributed by atoms with Crippen LogP contribution in [-0.4, -0.2) is 34.1 Å². The van der Waals surface area contributed by atoms with Gasteiger partial charge in [-0.05, 0) is 44.6 Å². The molecule has 2 bridgehead atoms. The second-order valence-corrected chi connectivity index (χ2v) is 6.03. The van der Waals surface area contributed by atoms with Crippen molar-refractivity contribution >= 4 is 0 Å². The van der Waals surface area contributed by atoms with E-state index in [1.165, 1.54) is 0 Å². The molecule has 0 saturated carbocycles. The van der Waals surface area contributed by atoms with Gasteiger partial charge in [-0.2, -0.15) is 0 Å². The van der Waals surface area contributed by atoms with Crippen LogP contribution >= 0.6 is 0 Å². The number of hydrogen-bond acceptors (Lipinski definition) is 3. The Bertz CT molecular complexity index is 363. The molecule has 0 aromatic carbocycles. The molecule has 2 N–H and O–H groups in total. The van der Waals surface area contributed by atoms with Crippen molar-refractivity contribution in [2.75, 3.05) is 0 Å². The molecular formula is C15H24O3. The molecule has 2 aliphatic rings. The third-order valence-corrected chi connectivity index (χ3v) is 4.63. The lowest BCUT2D eigenvalue weighted by molar-refractivity contribution is -0.136. The highest BCUT2D eigenvalue weighted by Gasteiger charge is 2.50. The van der Waals surface area contributed by atoms with Crippen molar-refractivity contribution in [3.8, 4) is 0 Å². The van der Waals surface area contributed by atoms with Gasteiger partial charge in [0, 0.05) is 6.42 Å². The summed E-state index contributed by atoms with van der Waals surface area (Å²) in [5, 5.41) is 20.6. The molecule has 2 saturated heterocycles. The summed E-state index contributed by atoms with van der Waals surface area (Å²) in [6.45, 7) is 11.9. The largest absolute Gasteiger partial charge is 0.390 e. The molecule has 0 radical (unpaired) electrons. The molecule has 2 rings (SSSR count). The van der Waals surface area contributed by atoms with Crippen LogP contribution in [0.15, 0.2) is 24.3 Å². The first-order chi connectivity index (χ1) is 8.34. The molecule has 2 fully saturated rings. The van der Waals surface area contributed by atoms with Crippen molar-refractivity contribution in [1.82, 2.24) is 0 Å². The summed E-state index contributed by atoms with van der Waals surface area (Å²) in [5.41, 5.74) is 1.24. The summed E-state index contributed by atoms with van der Waals surface area (Å²) in [6.07, 6.45) is 1.56. The Morgan fingerprint density at radius 2 is 1.94 bits per heavy atom. The smallest absolute Gasteiger partial charge is 0.118 e. The minimum Gasteiger partial charge on any atom is -0.390 e. The van der Waals surface area contributed by atoms with Crippen LogP contribution in [0, 0.1) is 5.92 Å². The van der Waals surface area contributed by atoms with Crippen LogP contribution in [-0.2, 0) is 4.74 Å². The van der Waals surface area contributed by atoms with Crippen molar-refractivity contribution in [2.45, 2.75) is 63.4 Å². The van der Waals surface area contributed by atoms with E-state index >= 15 is 0 Å². The molecule has 5 atom stereocenters. The Balaban J connectivity index is 2.27. The van der Waals surface area contributed by atoms with Gasteiger partial charge in [-0.1, -0.05) is 18.7 Å². The first-order valence-electron chi connectivity index (χ1n) is 6.71. The topological polar surface area (TPSA) is 49.7 Å². The van der Waals surface area contributed by atoms with E-state index in [0.29, 0.717) is 12.8 Å². The number of aliphatic hydroxyl groups excluding tert-OH is 2.